The maximum atomic E-state index is 13.4. The number of nitrogens with zero attached hydrogens (tertiary/aromatic N) is 3. The van der Waals surface area contributed by atoms with Gasteiger partial charge in [0.2, 0.25) is 0 Å². The smallest absolute Gasteiger partial charge is 0.416 e. The highest BCUT2D eigenvalue weighted by Gasteiger charge is 2.38. The molecule has 0 fully saturated rings. The van der Waals surface area contributed by atoms with E-state index in [2.05, 4.69) is 11.6 Å². The van der Waals surface area contributed by atoms with E-state index >= 15 is 0 Å². The molecule has 0 bridgehead atoms. The lowest BCUT2D eigenvalue weighted by Gasteiger charge is -2.19. The van der Waals surface area contributed by atoms with Crippen LogP contribution in [-0.2, 0) is 19.1 Å². The van der Waals surface area contributed by atoms with Gasteiger partial charge in [0.25, 0.3) is 5.82 Å². The number of alkyl halides is 3. The molecule has 1 aliphatic heterocycles. The van der Waals surface area contributed by atoms with Gasteiger partial charge < -0.3 is 5.11 Å². The molecule has 5 nitrogen and oxygen atoms in total. The maximum Gasteiger partial charge on any atom is 0.416 e. The molecule has 3 aromatic rings. The second-order valence-corrected chi connectivity index (χ2v) is 8.46. The van der Waals surface area contributed by atoms with Crippen molar-refractivity contribution in [3.8, 4) is 17.0 Å². The zero-order valence-electron chi connectivity index (χ0n) is 15.4. The van der Waals surface area contributed by atoms with Crippen LogP contribution >= 0.6 is 22.9 Å². The van der Waals surface area contributed by atoms with Gasteiger partial charge in [0, 0.05) is 12.6 Å². The predicted molar refractivity (Wildman–Crippen MR) is 105 cm³/mol. The van der Waals surface area contributed by atoms with Crippen molar-refractivity contribution >= 4 is 22.9 Å². The first kappa shape index (κ1) is 20.6. The molecule has 0 saturated heterocycles. The van der Waals surface area contributed by atoms with E-state index in [-0.39, 0.29) is 17.7 Å². The number of rotatable bonds is 4. The third-order valence-corrected chi connectivity index (χ3v) is 6.26. The number of aromatic nitrogens is 3. The van der Waals surface area contributed by atoms with Crippen LogP contribution in [-0.4, -0.2) is 9.55 Å². The molecule has 30 heavy (non-hydrogen) atoms. The first-order chi connectivity index (χ1) is 14.2. The van der Waals surface area contributed by atoms with E-state index in [9.17, 15) is 23.1 Å². The van der Waals surface area contributed by atoms with Gasteiger partial charge in [-0.05, 0) is 17.7 Å². The second-order valence-electron chi connectivity index (χ2n) is 6.82. The van der Waals surface area contributed by atoms with Crippen LogP contribution in [0.3, 0.4) is 0 Å². The van der Waals surface area contributed by atoms with E-state index in [1.54, 1.807) is 6.20 Å². The van der Waals surface area contributed by atoms with Crippen molar-refractivity contribution in [2.45, 2.75) is 31.6 Å². The summed E-state index contributed by atoms with van der Waals surface area (Å²) in [7, 11) is 0. The molecule has 0 spiro atoms. The van der Waals surface area contributed by atoms with Gasteiger partial charge in [-0.3, -0.25) is 0 Å². The van der Waals surface area contributed by atoms with Gasteiger partial charge in [-0.25, -0.2) is 14.3 Å². The topological polar surface area (TPSA) is 61.8 Å². The maximum absolute atomic E-state index is 13.4. The minimum Gasteiger partial charge on any atom is -0.842 e. The molecule has 1 aliphatic rings. The first-order valence-electron chi connectivity index (χ1n) is 9.00. The highest BCUT2D eigenvalue weighted by Crippen LogP contribution is 2.35. The molecule has 0 N–H and O–H groups in total. The van der Waals surface area contributed by atoms with Crippen molar-refractivity contribution in [2.24, 2.45) is 0 Å². The van der Waals surface area contributed by atoms with Crippen molar-refractivity contribution in [1.82, 2.24) is 9.55 Å². The standard InChI is InChI=1S/C20H15ClF3N3O2S/c1-2-8-26-15-7-6-13(14-10-25-19(21)30-14)27(15)18(29)16(17(26)28)11-4-3-5-12(9-11)20(22,23)24/h2-5,9-10,13H,1,6-8H2. The van der Waals surface area contributed by atoms with Crippen LogP contribution in [0, 0.1) is 0 Å². The average molecular weight is 454 g/mol. The Kier molecular flexibility index (Phi) is 5.19. The largest absolute Gasteiger partial charge is 0.842 e. The Labute approximate surface area is 178 Å². The Morgan fingerprint density at radius 1 is 1.43 bits per heavy atom. The van der Waals surface area contributed by atoms with Crippen molar-refractivity contribution in [3.63, 3.8) is 0 Å². The number of allylic oxidation sites excluding steroid dienone is 1. The molecular weight excluding hydrogens is 439 g/mol. The fraction of sp³-hybridized carbons (Fsp3) is 0.250. The summed E-state index contributed by atoms with van der Waals surface area (Å²) in [6.07, 6.45) is -0.492. The molecule has 3 heterocycles. The minimum absolute atomic E-state index is 0.0686. The fourth-order valence-corrected chi connectivity index (χ4v) is 4.87. The lowest BCUT2D eigenvalue weighted by Crippen LogP contribution is -2.55. The third-order valence-electron chi connectivity index (χ3n) is 5.05. The van der Waals surface area contributed by atoms with E-state index in [0.29, 0.717) is 23.1 Å². The summed E-state index contributed by atoms with van der Waals surface area (Å²) in [5, 5.41) is 13.1. The van der Waals surface area contributed by atoms with Gasteiger partial charge in [-0.1, -0.05) is 36.4 Å². The SMILES string of the molecule is C=CCn1c([O-])c(-c2cccc(C(F)(F)F)c2)c(=O)[n+]2c1CCC2c1cnc(Cl)s1. The second kappa shape index (κ2) is 7.55. The highest BCUT2D eigenvalue weighted by molar-refractivity contribution is 7.15. The molecule has 156 valence electrons. The molecular formula is C20H15ClF3N3O2S. The molecule has 1 unspecified atom stereocenters. The van der Waals surface area contributed by atoms with Crippen LogP contribution in [0.2, 0.25) is 4.47 Å². The molecule has 10 heteroatoms. The quantitative estimate of drug-likeness (QED) is 0.447. The van der Waals surface area contributed by atoms with Gasteiger partial charge in [-0.2, -0.15) is 17.7 Å². The average Bonchev–Trinajstić information content (AvgIpc) is 3.31. The lowest BCUT2D eigenvalue weighted by atomic mass is 10.0. The molecule has 0 amide bonds. The van der Waals surface area contributed by atoms with Gasteiger partial charge in [0.15, 0.2) is 4.47 Å². The summed E-state index contributed by atoms with van der Waals surface area (Å²) in [4.78, 5) is 18.2. The first-order valence-corrected chi connectivity index (χ1v) is 10.2. The number of hydrogen-bond acceptors (Lipinski definition) is 4. The Morgan fingerprint density at radius 3 is 2.83 bits per heavy atom. The highest BCUT2D eigenvalue weighted by atomic mass is 35.5. The summed E-state index contributed by atoms with van der Waals surface area (Å²) >= 11 is 7.17. The normalized spacial score (nSPS) is 15.9. The molecule has 4 rings (SSSR count). The van der Waals surface area contributed by atoms with Gasteiger partial charge in [-0.15, -0.1) is 11.3 Å². The van der Waals surface area contributed by atoms with Crippen LogP contribution in [0.15, 0.2) is 47.9 Å². The van der Waals surface area contributed by atoms with E-state index in [1.807, 2.05) is 0 Å². The molecule has 0 radical (unpaired) electrons. The van der Waals surface area contributed by atoms with E-state index in [1.165, 1.54) is 38.7 Å². The third kappa shape index (κ3) is 3.41. The number of thiazole rings is 1. The Balaban J connectivity index is 1.98. The summed E-state index contributed by atoms with van der Waals surface area (Å²) in [6, 6.07) is 3.87. The monoisotopic (exact) mass is 453 g/mol. The number of halogens is 4. The predicted octanol–water partition coefficient (Wildman–Crippen LogP) is 3.73. The molecule has 0 aliphatic carbocycles. The van der Waals surface area contributed by atoms with Gasteiger partial charge >= 0.3 is 11.7 Å². The molecule has 1 aromatic carbocycles. The number of hydrogen-bond donors (Lipinski definition) is 0. The Morgan fingerprint density at radius 2 is 2.20 bits per heavy atom. The Hall–Kier alpha value is -2.65. The minimum atomic E-state index is -4.59. The van der Waals surface area contributed by atoms with Crippen molar-refractivity contribution in [1.29, 1.82) is 0 Å². The van der Waals surface area contributed by atoms with Crippen LogP contribution in [0.25, 0.3) is 11.1 Å². The Bertz CT molecular complexity index is 1200. The molecule has 0 saturated carbocycles. The summed E-state index contributed by atoms with van der Waals surface area (Å²) < 4.78 is 42.8. The van der Waals surface area contributed by atoms with Crippen molar-refractivity contribution < 1.29 is 22.8 Å². The summed E-state index contributed by atoms with van der Waals surface area (Å²) in [6.45, 7) is 3.79. The molecule has 2 aromatic heterocycles. The number of benzene rings is 1. The summed E-state index contributed by atoms with van der Waals surface area (Å²) in [5.41, 5.74) is -1.91. The van der Waals surface area contributed by atoms with E-state index in [0.717, 1.165) is 17.0 Å². The van der Waals surface area contributed by atoms with Crippen LogP contribution < -0.4 is 15.2 Å². The van der Waals surface area contributed by atoms with Crippen molar-refractivity contribution in [2.75, 3.05) is 0 Å². The fourth-order valence-electron chi connectivity index (χ4n) is 3.79. The van der Waals surface area contributed by atoms with Gasteiger partial charge in [0.1, 0.15) is 18.2 Å². The number of fused-ring (bicyclic) bond motifs is 1. The van der Waals surface area contributed by atoms with Gasteiger partial charge in [0.05, 0.1) is 22.7 Å². The van der Waals surface area contributed by atoms with Crippen LogP contribution in [0.1, 0.15) is 28.7 Å². The zero-order valence-corrected chi connectivity index (χ0v) is 17.0. The van der Waals surface area contributed by atoms with E-state index < -0.39 is 29.2 Å². The summed E-state index contributed by atoms with van der Waals surface area (Å²) in [5.74, 6) is -0.122. The lowest BCUT2D eigenvalue weighted by molar-refractivity contribution is -0.724. The van der Waals surface area contributed by atoms with Crippen LogP contribution in [0.5, 0.6) is 5.88 Å². The molecule has 1 atom stereocenters. The van der Waals surface area contributed by atoms with E-state index in [4.69, 9.17) is 11.6 Å². The van der Waals surface area contributed by atoms with Crippen molar-refractivity contribution in [3.05, 3.63) is 74.2 Å². The zero-order chi connectivity index (χ0) is 21.6. The van der Waals surface area contributed by atoms with Crippen LogP contribution in [0.4, 0.5) is 13.2 Å².